The Morgan fingerprint density at radius 2 is 2.05 bits per heavy atom. The van der Waals surface area contributed by atoms with E-state index in [1.165, 1.54) is 6.21 Å². The van der Waals surface area contributed by atoms with Crippen LogP contribution in [0.3, 0.4) is 0 Å². The third-order valence-electron chi connectivity index (χ3n) is 2.32. The molecule has 1 aromatic carbocycles. The maximum absolute atomic E-state index is 11.7. The van der Waals surface area contributed by atoms with Crippen molar-refractivity contribution in [3.8, 4) is 5.75 Å². The molecule has 21 heavy (non-hydrogen) atoms. The Labute approximate surface area is 131 Å². The van der Waals surface area contributed by atoms with Crippen molar-refractivity contribution in [3.05, 3.63) is 59.4 Å². The number of nitrogens with zero attached hydrogens (tertiary/aromatic N) is 2. The van der Waals surface area contributed by atoms with Gasteiger partial charge >= 0.3 is 0 Å². The number of benzene rings is 1. The molecule has 0 radical (unpaired) electrons. The maximum atomic E-state index is 11.7. The van der Waals surface area contributed by atoms with Gasteiger partial charge in [0.15, 0.2) is 0 Å². The number of hydrogen-bond acceptors (Lipinski definition) is 4. The minimum atomic E-state index is -1.20. The number of pyridine rings is 1. The van der Waals surface area contributed by atoms with Crippen LogP contribution in [-0.4, -0.2) is 22.7 Å². The zero-order valence-electron chi connectivity index (χ0n) is 10.7. The fourth-order valence-electron chi connectivity index (χ4n) is 1.35. The Bertz CT molecular complexity index is 618. The Morgan fingerprint density at radius 3 is 2.71 bits per heavy atom. The van der Waals surface area contributed by atoms with E-state index in [9.17, 15) is 4.79 Å². The van der Waals surface area contributed by atoms with Crippen LogP contribution in [0.15, 0.2) is 53.8 Å². The first-order chi connectivity index (χ1) is 10.1. The van der Waals surface area contributed by atoms with Crippen LogP contribution < -0.4 is 10.2 Å². The number of alkyl halides is 1. The van der Waals surface area contributed by atoms with Crippen molar-refractivity contribution >= 4 is 35.3 Å². The Balaban J connectivity index is 1.85. The monoisotopic (exact) mass is 323 g/mol. The van der Waals surface area contributed by atoms with Gasteiger partial charge in [0.05, 0.1) is 11.9 Å². The zero-order valence-corrected chi connectivity index (χ0v) is 12.3. The fourth-order valence-corrected chi connectivity index (χ4v) is 1.63. The molecule has 0 aliphatic rings. The molecule has 108 valence electrons. The van der Waals surface area contributed by atoms with Gasteiger partial charge in [-0.15, -0.1) is 0 Å². The highest BCUT2D eigenvalue weighted by atomic mass is 35.5. The zero-order chi connectivity index (χ0) is 15.1. The second-order valence-electron chi connectivity index (χ2n) is 3.88. The van der Waals surface area contributed by atoms with Gasteiger partial charge in [0.25, 0.3) is 11.5 Å². The highest BCUT2D eigenvalue weighted by molar-refractivity contribution is 6.30. The van der Waals surface area contributed by atoms with Crippen molar-refractivity contribution in [2.75, 3.05) is 0 Å². The summed E-state index contributed by atoms with van der Waals surface area (Å²) < 4.78 is 5.24. The summed E-state index contributed by atoms with van der Waals surface area (Å²) in [6.07, 6.45) is 3.03. The first-order valence-corrected chi connectivity index (χ1v) is 6.77. The van der Waals surface area contributed by atoms with Crippen molar-refractivity contribution in [1.29, 1.82) is 0 Å². The second-order valence-corrected chi connectivity index (χ2v) is 4.71. The first kappa shape index (κ1) is 15.3. The molecule has 1 unspecified atom stereocenters. The van der Waals surface area contributed by atoms with E-state index in [4.69, 9.17) is 27.9 Å². The quantitative estimate of drug-likeness (QED) is 0.522. The van der Waals surface area contributed by atoms with Gasteiger partial charge in [0.2, 0.25) is 0 Å². The highest BCUT2D eigenvalue weighted by Gasteiger charge is 2.16. The predicted octanol–water partition coefficient (Wildman–Crippen LogP) is 2.83. The average Bonchev–Trinajstić information content (AvgIpc) is 2.50. The number of carbonyl (C=O) groups is 1. The molecule has 2 rings (SSSR count). The number of ether oxygens (including phenoxy) is 1. The summed E-state index contributed by atoms with van der Waals surface area (Å²) in [5.74, 6) is -0.151. The van der Waals surface area contributed by atoms with Gasteiger partial charge in [-0.05, 0) is 36.4 Å². The third kappa shape index (κ3) is 5.06. The third-order valence-corrected chi connectivity index (χ3v) is 2.86. The summed E-state index contributed by atoms with van der Waals surface area (Å²) in [6, 6.07) is 11.8. The molecule has 0 saturated carbocycles. The lowest BCUT2D eigenvalue weighted by Crippen LogP contribution is -2.31. The van der Waals surface area contributed by atoms with E-state index < -0.39 is 11.5 Å². The number of rotatable bonds is 5. The minimum absolute atomic E-state index is 0.434. The van der Waals surface area contributed by atoms with Crippen molar-refractivity contribution in [2.24, 2.45) is 5.10 Å². The van der Waals surface area contributed by atoms with Gasteiger partial charge in [0, 0.05) is 11.2 Å². The Kier molecular flexibility index (Phi) is 5.54. The van der Waals surface area contributed by atoms with Crippen LogP contribution in [-0.2, 0) is 4.79 Å². The van der Waals surface area contributed by atoms with Crippen LogP contribution in [0.2, 0.25) is 5.02 Å². The van der Waals surface area contributed by atoms with Gasteiger partial charge in [-0.3, -0.25) is 9.78 Å². The Hall–Kier alpha value is -2.11. The molecule has 2 aromatic rings. The molecular formula is C14H11Cl2N3O2. The van der Waals surface area contributed by atoms with E-state index >= 15 is 0 Å². The van der Waals surface area contributed by atoms with Gasteiger partial charge in [0.1, 0.15) is 5.75 Å². The summed E-state index contributed by atoms with van der Waals surface area (Å²) in [5.41, 5.74) is 1.68. The molecule has 0 fully saturated rings. The highest BCUT2D eigenvalue weighted by Crippen LogP contribution is 2.17. The molecule has 1 N–H and O–H groups in total. The molecule has 0 spiro atoms. The van der Waals surface area contributed by atoms with Crippen molar-refractivity contribution in [3.63, 3.8) is 0 Å². The molecule has 0 bridgehead atoms. The summed E-state index contributed by atoms with van der Waals surface area (Å²) in [5, 5.41) is 4.31. The maximum Gasteiger partial charge on any atom is 0.296 e. The number of amides is 1. The molecule has 0 saturated heterocycles. The summed E-state index contributed by atoms with van der Waals surface area (Å²) >= 11 is 11.6. The van der Waals surface area contributed by atoms with E-state index in [1.807, 2.05) is 6.07 Å². The SMILES string of the molecule is O=C(NN=Cc1ccccn1)C(Cl)Oc1ccc(Cl)cc1. The van der Waals surface area contributed by atoms with Crippen molar-refractivity contribution in [1.82, 2.24) is 10.4 Å². The van der Waals surface area contributed by atoms with Gasteiger partial charge < -0.3 is 4.74 Å². The van der Waals surface area contributed by atoms with Crippen LogP contribution in [0.5, 0.6) is 5.75 Å². The lowest BCUT2D eigenvalue weighted by atomic mass is 10.3. The van der Waals surface area contributed by atoms with Crippen molar-refractivity contribution in [2.45, 2.75) is 5.56 Å². The smallest absolute Gasteiger partial charge is 0.296 e. The normalized spacial score (nSPS) is 12.1. The standard InChI is InChI=1S/C14H11Cl2N3O2/c15-10-4-6-12(7-5-10)21-13(16)14(20)19-18-9-11-3-1-2-8-17-11/h1-9,13H,(H,19,20). The molecule has 1 amide bonds. The number of nitrogens with one attached hydrogen (secondary N) is 1. The van der Waals surface area contributed by atoms with Crippen LogP contribution in [0, 0.1) is 0 Å². The Morgan fingerprint density at radius 1 is 1.29 bits per heavy atom. The number of carbonyl (C=O) groups excluding carboxylic acids is 1. The molecule has 1 aromatic heterocycles. The van der Waals surface area contributed by atoms with Crippen LogP contribution in [0.4, 0.5) is 0 Å². The fraction of sp³-hybridized carbons (Fsp3) is 0.0714. The first-order valence-electron chi connectivity index (χ1n) is 5.95. The summed E-state index contributed by atoms with van der Waals surface area (Å²) in [4.78, 5) is 15.7. The van der Waals surface area contributed by atoms with Crippen molar-refractivity contribution < 1.29 is 9.53 Å². The molecule has 7 heteroatoms. The van der Waals surface area contributed by atoms with Gasteiger partial charge in [-0.1, -0.05) is 29.3 Å². The number of hydrogen-bond donors (Lipinski definition) is 1. The minimum Gasteiger partial charge on any atom is -0.465 e. The van der Waals surface area contributed by atoms with Crippen LogP contribution >= 0.6 is 23.2 Å². The van der Waals surface area contributed by atoms with Crippen LogP contribution in [0.1, 0.15) is 5.69 Å². The van der Waals surface area contributed by atoms with Gasteiger partial charge in [-0.25, -0.2) is 5.43 Å². The molecule has 1 atom stereocenters. The van der Waals surface area contributed by atoms with Gasteiger partial charge in [-0.2, -0.15) is 5.10 Å². The lowest BCUT2D eigenvalue weighted by molar-refractivity contribution is -0.124. The topological polar surface area (TPSA) is 63.6 Å². The van der Waals surface area contributed by atoms with E-state index in [2.05, 4.69) is 15.5 Å². The summed E-state index contributed by atoms with van der Waals surface area (Å²) in [6.45, 7) is 0. The predicted molar refractivity (Wildman–Crippen MR) is 81.7 cm³/mol. The van der Waals surface area contributed by atoms with E-state index in [1.54, 1.807) is 42.6 Å². The molecular weight excluding hydrogens is 313 g/mol. The lowest BCUT2D eigenvalue weighted by Gasteiger charge is -2.10. The van der Waals surface area contributed by atoms with E-state index in [0.717, 1.165) is 0 Å². The molecule has 0 aliphatic heterocycles. The van der Waals surface area contributed by atoms with E-state index in [-0.39, 0.29) is 0 Å². The number of hydrazone groups is 1. The number of halogens is 2. The molecule has 5 nitrogen and oxygen atoms in total. The number of aromatic nitrogens is 1. The largest absolute Gasteiger partial charge is 0.465 e. The molecule has 0 aliphatic carbocycles. The van der Waals surface area contributed by atoms with Crippen LogP contribution in [0.25, 0.3) is 0 Å². The van der Waals surface area contributed by atoms with E-state index in [0.29, 0.717) is 16.5 Å². The average molecular weight is 324 g/mol. The summed E-state index contributed by atoms with van der Waals surface area (Å²) in [7, 11) is 0. The second kappa shape index (κ2) is 7.61. The molecule has 1 heterocycles.